The molecule has 1 aliphatic heterocycles. The van der Waals surface area contributed by atoms with Gasteiger partial charge in [-0.25, -0.2) is 12.8 Å². The van der Waals surface area contributed by atoms with Gasteiger partial charge in [0.15, 0.2) is 5.96 Å². The highest BCUT2D eigenvalue weighted by Crippen LogP contribution is 2.48. The molecule has 170 valence electrons. The van der Waals surface area contributed by atoms with Crippen molar-refractivity contribution >= 4 is 40.0 Å². The lowest BCUT2D eigenvalue weighted by Gasteiger charge is -2.32. The zero-order valence-corrected chi connectivity index (χ0v) is 19.5. The van der Waals surface area contributed by atoms with E-state index < -0.39 is 15.5 Å². The standard InChI is InChI=1S/C18H24F4N4O2S.HI/c1-23-16(24-12-17(8-9-17)14-4-2-3-5-15(14)19)25-13-6-10-26(11-7-13)29(27,28)18(20,21)22;/h2-5,13H,6-12H2,1H3,(H2,23,24,25);1H. The number of sulfonamides is 1. The molecule has 12 heteroatoms. The summed E-state index contributed by atoms with van der Waals surface area (Å²) in [7, 11) is -3.72. The average molecular weight is 564 g/mol. The number of hydrogen-bond acceptors (Lipinski definition) is 3. The second kappa shape index (κ2) is 9.55. The minimum absolute atomic E-state index is 0. The van der Waals surface area contributed by atoms with Crippen LogP contribution in [0.5, 0.6) is 0 Å². The van der Waals surface area contributed by atoms with Gasteiger partial charge < -0.3 is 10.6 Å². The number of guanidine groups is 1. The van der Waals surface area contributed by atoms with Crippen LogP contribution in [0, 0.1) is 5.82 Å². The first-order valence-corrected chi connectivity index (χ1v) is 10.8. The van der Waals surface area contributed by atoms with E-state index in [4.69, 9.17) is 0 Å². The molecule has 1 aromatic carbocycles. The molecule has 2 N–H and O–H groups in total. The number of rotatable bonds is 5. The summed E-state index contributed by atoms with van der Waals surface area (Å²) in [6, 6.07) is 6.45. The summed E-state index contributed by atoms with van der Waals surface area (Å²) in [5.74, 6) is 0.220. The number of hydrogen-bond donors (Lipinski definition) is 2. The van der Waals surface area contributed by atoms with Crippen LogP contribution < -0.4 is 10.6 Å². The van der Waals surface area contributed by atoms with E-state index in [9.17, 15) is 26.0 Å². The summed E-state index contributed by atoms with van der Waals surface area (Å²) in [4.78, 5) is 4.12. The molecule has 0 aromatic heterocycles. The van der Waals surface area contributed by atoms with Crippen molar-refractivity contribution in [3.63, 3.8) is 0 Å². The second-order valence-corrected chi connectivity index (χ2v) is 9.38. The number of benzene rings is 1. The molecule has 0 unspecified atom stereocenters. The number of nitrogens with one attached hydrogen (secondary N) is 2. The third kappa shape index (κ3) is 5.36. The Balaban J connectivity index is 0.00000320. The maximum Gasteiger partial charge on any atom is 0.511 e. The van der Waals surface area contributed by atoms with Gasteiger partial charge in [-0.05, 0) is 37.3 Å². The van der Waals surface area contributed by atoms with Gasteiger partial charge in [-0.2, -0.15) is 17.5 Å². The highest BCUT2D eigenvalue weighted by molar-refractivity contribution is 14.0. The number of piperidine rings is 1. The van der Waals surface area contributed by atoms with E-state index in [0.717, 1.165) is 12.8 Å². The Morgan fingerprint density at radius 3 is 2.33 bits per heavy atom. The van der Waals surface area contributed by atoms with E-state index in [0.29, 0.717) is 22.4 Å². The van der Waals surface area contributed by atoms with Gasteiger partial charge in [-0.3, -0.25) is 4.99 Å². The van der Waals surface area contributed by atoms with Crippen LogP contribution in [0.4, 0.5) is 17.6 Å². The second-order valence-electron chi connectivity index (χ2n) is 7.45. The Hall–Kier alpha value is -1.15. The van der Waals surface area contributed by atoms with Crippen LogP contribution in [0.15, 0.2) is 29.3 Å². The smallest absolute Gasteiger partial charge is 0.356 e. The summed E-state index contributed by atoms with van der Waals surface area (Å²) in [5.41, 5.74) is -4.91. The van der Waals surface area contributed by atoms with Crippen molar-refractivity contribution in [2.24, 2.45) is 4.99 Å². The van der Waals surface area contributed by atoms with Gasteiger partial charge in [0.2, 0.25) is 0 Å². The van der Waals surface area contributed by atoms with Crippen LogP contribution in [0.1, 0.15) is 31.2 Å². The Labute approximate surface area is 190 Å². The number of nitrogens with zero attached hydrogens (tertiary/aromatic N) is 2. The molecule has 6 nitrogen and oxygen atoms in total. The summed E-state index contributed by atoms with van der Waals surface area (Å²) in [5, 5.41) is 6.30. The molecule has 3 rings (SSSR count). The van der Waals surface area contributed by atoms with Crippen molar-refractivity contribution in [1.29, 1.82) is 0 Å². The van der Waals surface area contributed by atoms with Crippen molar-refractivity contribution in [2.45, 2.75) is 42.6 Å². The van der Waals surface area contributed by atoms with Crippen LogP contribution >= 0.6 is 24.0 Å². The number of halogens is 5. The fourth-order valence-electron chi connectivity index (χ4n) is 3.61. The van der Waals surface area contributed by atoms with Gasteiger partial charge in [0.05, 0.1) is 0 Å². The van der Waals surface area contributed by atoms with E-state index >= 15 is 0 Å². The normalized spacial score (nSPS) is 20.4. The molecule has 1 aromatic rings. The first-order chi connectivity index (χ1) is 13.6. The highest BCUT2D eigenvalue weighted by atomic mass is 127. The largest absolute Gasteiger partial charge is 0.511 e. The van der Waals surface area contributed by atoms with Crippen LogP contribution in [-0.2, 0) is 15.4 Å². The summed E-state index contributed by atoms with van der Waals surface area (Å²) >= 11 is 0. The van der Waals surface area contributed by atoms with E-state index in [2.05, 4.69) is 15.6 Å². The van der Waals surface area contributed by atoms with Crippen molar-refractivity contribution in [2.75, 3.05) is 26.7 Å². The van der Waals surface area contributed by atoms with Crippen LogP contribution in [0.3, 0.4) is 0 Å². The van der Waals surface area contributed by atoms with Gasteiger partial charge >= 0.3 is 15.5 Å². The lowest BCUT2D eigenvalue weighted by molar-refractivity contribution is -0.0494. The van der Waals surface area contributed by atoms with Gasteiger partial charge in [-0.1, -0.05) is 18.2 Å². The molecule has 0 amide bonds. The fraction of sp³-hybridized carbons (Fsp3) is 0.611. The molecule has 1 saturated carbocycles. The Kier molecular flexibility index (Phi) is 8.00. The molecule has 0 atom stereocenters. The minimum Gasteiger partial charge on any atom is -0.356 e. The van der Waals surface area contributed by atoms with E-state index in [-0.39, 0.29) is 67.2 Å². The minimum atomic E-state index is -5.29. The van der Waals surface area contributed by atoms with Crippen molar-refractivity contribution in [3.05, 3.63) is 35.6 Å². The lowest BCUT2D eigenvalue weighted by Crippen LogP contribution is -2.52. The first kappa shape index (κ1) is 25.1. The highest BCUT2D eigenvalue weighted by Gasteiger charge is 2.50. The molecule has 1 saturated heterocycles. The van der Waals surface area contributed by atoms with Crippen LogP contribution in [0.25, 0.3) is 0 Å². The zero-order valence-electron chi connectivity index (χ0n) is 16.4. The average Bonchev–Trinajstić information content (AvgIpc) is 3.46. The summed E-state index contributed by atoms with van der Waals surface area (Å²) in [6.07, 6.45) is 2.17. The Morgan fingerprint density at radius 2 is 1.83 bits per heavy atom. The van der Waals surface area contributed by atoms with E-state index in [1.54, 1.807) is 25.2 Å². The quantitative estimate of drug-likeness (QED) is 0.250. The molecule has 0 bridgehead atoms. The van der Waals surface area contributed by atoms with Gasteiger partial charge in [0, 0.05) is 38.1 Å². The fourth-order valence-corrected chi connectivity index (χ4v) is 4.60. The molecular formula is C18H25F4IN4O2S. The molecule has 0 radical (unpaired) electrons. The maximum atomic E-state index is 14.1. The first-order valence-electron chi connectivity index (χ1n) is 9.38. The van der Waals surface area contributed by atoms with Crippen LogP contribution in [-0.4, -0.2) is 56.9 Å². The van der Waals surface area contributed by atoms with Crippen molar-refractivity contribution in [1.82, 2.24) is 14.9 Å². The van der Waals surface area contributed by atoms with Crippen molar-refractivity contribution in [3.8, 4) is 0 Å². The zero-order chi connectivity index (χ0) is 21.3. The monoisotopic (exact) mass is 564 g/mol. The number of alkyl halides is 3. The SMILES string of the molecule is CN=C(NCC1(c2ccccc2F)CC1)NC1CCN(S(=O)(=O)C(F)(F)F)CC1.I. The van der Waals surface area contributed by atoms with Crippen molar-refractivity contribution < 1.29 is 26.0 Å². The summed E-state index contributed by atoms with van der Waals surface area (Å²) < 4.78 is 75.6. The maximum absolute atomic E-state index is 14.1. The molecular weight excluding hydrogens is 539 g/mol. The van der Waals surface area contributed by atoms with Gasteiger partial charge in [0.25, 0.3) is 0 Å². The van der Waals surface area contributed by atoms with Gasteiger partial charge in [0.1, 0.15) is 5.82 Å². The number of aliphatic imine (C=N–C) groups is 1. The molecule has 0 spiro atoms. The third-order valence-corrected chi connectivity index (χ3v) is 7.17. The molecule has 1 aliphatic carbocycles. The summed E-state index contributed by atoms with van der Waals surface area (Å²) in [6.45, 7) is 0.0558. The predicted octanol–water partition coefficient (Wildman–Crippen LogP) is 2.95. The van der Waals surface area contributed by atoms with Gasteiger partial charge in [-0.15, -0.1) is 24.0 Å². The predicted molar refractivity (Wildman–Crippen MR) is 117 cm³/mol. The van der Waals surface area contributed by atoms with E-state index in [1.165, 1.54) is 6.07 Å². The Bertz CT molecular complexity index is 867. The molecule has 2 aliphatic rings. The van der Waals surface area contributed by atoms with Crippen LogP contribution in [0.2, 0.25) is 0 Å². The molecule has 1 heterocycles. The topological polar surface area (TPSA) is 73.8 Å². The third-order valence-electron chi connectivity index (χ3n) is 5.54. The molecule has 2 fully saturated rings. The van der Waals surface area contributed by atoms with E-state index in [1.807, 2.05) is 0 Å². The lowest BCUT2D eigenvalue weighted by atomic mass is 9.95. The Morgan fingerprint density at radius 1 is 1.23 bits per heavy atom. The molecule has 30 heavy (non-hydrogen) atoms.